The highest BCUT2D eigenvalue weighted by atomic mass is 16.5. The van der Waals surface area contributed by atoms with Crippen LogP contribution in [-0.2, 0) is 16.0 Å². The van der Waals surface area contributed by atoms with Gasteiger partial charge >= 0.3 is 0 Å². The van der Waals surface area contributed by atoms with E-state index in [0.717, 1.165) is 36.5 Å². The number of morpholine rings is 1. The number of benzene rings is 1. The van der Waals surface area contributed by atoms with Crippen LogP contribution >= 0.6 is 0 Å². The van der Waals surface area contributed by atoms with Crippen LogP contribution in [0.3, 0.4) is 0 Å². The number of imidazole rings is 1. The summed E-state index contributed by atoms with van der Waals surface area (Å²) in [4.78, 5) is 23.1. The molecule has 1 aromatic heterocycles. The molecule has 2 aliphatic rings. The van der Waals surface area contributed by atoms with Gasteiger partial charge in [-0.05, 0) is 44.2 Å². The summed E-state index contributed by atoms with van der Waals surface area (Å²) in [6.07, 6.45) is 2.89. The van der Waals surface area contributed by atoms with Gasteiger partial charge in [-0.3, -0.25) is 4.79 Å². The van der Waals surface area contributed by atoms with Crippen LogP contribution in [0, 0.1) is 13.8 Å². The summed E-state index contributed by atoms with van der Waals surface area (Å²) in [6.45, 7) is 5.93. The number of aromatic nitrogens is 2. The van der Waals surface area contributed by atoms with Crippen LogP contribution in [0.15, 0.2) is 24.3 Å². The van der Waals surface area contributed by atoms with Crippen molar-refractivity contribution in [2.24, 2.45) is 0 Å². The summed E-state index contributed by atoms with van der Waals surface area (Å²) in [5.74, 6) is 1.00. The molecule has 1 amide bonds. The van der Waals surface area contributed by atoms with Crippen molar-refractivity contribution in [2.45, 2.75) is 45.1 Å². The van der Waals surface area contributed by atoms with Gasteiger partial charge in [-0.25, -0.2) is 4.98 Å². The van der Waals surface area contributed by atoms with Crippen molar-refractivity contribution in [1.82, 2.24) is 14.9 Å². The lowest BCUT2D eigenvalue weighted by atomic mass is 9.88. The fourth-order valence-electron chi connectivity index (χ4n) is 4.10. The SMILES string of the molecule is Cc1nc2c([nH]1)CCCC2C(=O)N1CCOC(c2ccccc2C)C1. The van der Waals surface area contributed by atoms with Gasteiger partial charge in [0.15, 0.2) is 0 Å². The first-order valence-electron chi connectivity index (χ1n) is 9.15. The third kappa shape index (κ3) is 3.09. The second-order valence-electron chi connectivity index (χ2n) is 7.13. The fourth-order valence-corrected chi connectivity index (χ4v) is 4.10. The highest BCUT2D eigenvalue weighted by Gasteiger charge is 2.35. The van der Waals surface area contributed by atoms with E-state index in [1.165, 1.54) is 11.1 Å². The van der Waals surface area contributed by atoms with Crippen molar-refractivity contribution >= 4 is 5.91 Å². The molecule has 0 spiro atoms. The largest absolute Gasteiger partial charge is 0.370 e. The van der Waals surface area contributed by atoms with E-state index in [2.05, 4.69) is 29.0 Å². The number of fused-ring (bicyclic) bond motifs is 1. The van der Waals surface area contributed by atoms with Gasteiger partial charge in [-0.1, -0.05) is 24.3 Å². The normalized spacial score (nSPS) is 23.4. The Kier molecular flexibility index (Phi) is 4.34. The van der Waals surface area contributed by atoms with Crippen molar-refractivity contribution in [1.29, 1.82) is 0 Å². The van der Waals surface area contributed by atoms with E-state index >= 15 is 0 Å². The van der Waals surface area contributed by atoms with Crippen molar-refractivity contribution in [3.63, 3.8) is 0 Å². The molecule has 1 N–H and O–H groups in total. The maximum atomic E-state index is 13.2. The standard InChI is InChI=1S/C20H25N3O2/c1-13-6-3-4-7-15(13)18-12-23(10-11-25-18)20(24)16-8-5-9-17-19(16)22-14(2)21-17/h3-4,6-7,16,18H,5,8-12H2,1-2H3,(H,21,22). The van der Waals surface area contributed by atoms with Crippen LogP contribution in [0.1, 0.15) is 53.2 Å². The van der Waals surface area contributed by atoms with Gasteiger partial charge in [0.05, 0.1) is 24.8 Å². The molecule has 2 atom stereocenters. The van der Waals surface area contributed by atoms with Crippen molar-refractivity contribution in [3.05, 3.63) is 52.6 Å². The summed E-state index contributed by atoms with van der Waals surface area (Å²) in [5.41, 5.74) is 4.50. The van der Waals surface area contributed by atoms with Crippen LogP contribution in [0.2, 0.25) is 0 Å². The molecule has 0 radical (unpaired) electrons. The number of hydrogen-bond acceptors (Lipinski definition) is 3. The second-order valence-corrected chi connectivity index (χ2v) is 7.13. The lowest BCUT2D eigenvalue weighted by Gasteiger charge is -2.36. The number of nitrogens with zero attached hydrogens (tertiary/aromatic N) is 2. The lowest BCUT2D eigenvalue weighted by molar-refractivity contribution is -0.141. The van der Waals surface area contributed by atoms with Crippen LogP contribution in [0.5, 0.6) is 0 Å². The lowest BCUT2D eigenvalue weighted by Crippen LogP contribution is -2.45. The number of nitrogens with one attached hydrogen (secondary N) is 1. The molecule has 2 aromatic rings. The fraction of sp³-hybridized carbons (Fsp3) is 0.500. The van der Waals surface area contributed by atoms with Gasteiger partial charge < -0.3 is 14.6 Å². The first-order chi connectivity index (χ1) is 12.1. The van der Waals surface area contributed by atoms with Crippen LogP contribution in [-0.4, -0.2) is 40.5 Å². The minimum atomic E-state index is -0.107. The molecular formula is C20H25N3O2. The number of carbonyl (C=O) groups is 1. The first kappa shape index (κ1) is 16.3. The van der Waals surface area contributed by atoms with Crippen LogP contribution in [0.25, 0.3) is 0 Å². The molecule has 4 rings (SSSR count). The number of H-pyrrole nitrogens is 1. The van der Waals surface area contributed by atoms with Crippen molar-refractivity contribution < 1.29 is 9.53 Å². The van der Waals surface area contributed by atoms with E-state index in [1.54, 1.807) is 0 Å². The van der Waals surface area contributed by atoms with Crippen LogP contribution in [0.4, 0.5) is 0 Å². The smallest absolute Gasteiger partial charge is 0.231 e. The zero-order valence-corrected chi connectivity index (χ0v) is 14.9. The molecule has 5 heteroatoms. The van der Waals surface area contributed by atoms with Gasteiger partial charge in [-0.15, -0.1) is 0 Å². The maximum Gasteiger partial charge on any atom is 0.231 e. The summed E-state index contributed by atoms with van der Waals surface area (Å²) in [6, 6.07) is 8.27. The second kappa shape index (κ2) is 6.64. The molecule has 1 aromatic carbocycles. The molecule has 1 aliphatic heterocycles. The van der Waals surface area contributed by atoms with Gasteiger partial charge in [0.2, 0.25) is 5.91 Å². The van der Waals surface area contributed by atoms with E-state index in [0.29, 0.717) is 19.7 Å². The monoisotopic (exact) mass is 339 g/mol. The van der Waals surface area contributed by atoms with Crippen molar-refractivity contribution in [2.75, 3.05) is 19.7 Å². The number of carbonyl (C=O) groups excluding carboxylic acids is 1. The minimum Gasteiger partial charge on any atom is -0.370 e. The zero-order valence-electron chi connectivity index (χ0n) is 14.9. The molecular weight excluding hydrogens is 314 g/mol. The molecule has 1 saturated heterocycles. The topological polar surface area (TPSA) is 58.2 Å². The first-order valence-corrected chi connectivity index (χ1v) is 9.15. The van der Waals surface area contributed by atoms with E-state index in [4.69, 9.17) is 4.74 Å². The molecule has 1 aliphatic carbocycles. The van der Waals surface area contributed by atoms with Gasteiger partial charge in [0.25, 0.3) is 0 Å². The van der Waals surface area contributed by atoms with Crippen molar-refractivity contribution in [3.8, 4) is 0 Å². The van der Waals surface area contributed by atoms with Gasteiger partial charge in [0, 0.05) is 12.2 Å². The summed E-state index contributed by atoms with van der Waals surface area (Å²) < 4.78 is 5.97. The van der Waals surface area contributed by atoms with E-state index in [-0.39, 0.29) is 17.9 Å². The molecule has 1 fully saturated rings. The Bertz CT molecular complexity index is 783. The van der Waals surface area contributed by atoms with Gasteiger partial charge in [0.1, 0.15) is 11.9 Å². The highest BCUT2D eigenvalue weighted by Crippen LogP contribution is 2.33. The maximum absolute atomic E-state index is 13.2. The number of ether oxygens (including phenoxy) is 1. The summed E-state index contributed by atoms with van der Waals surface area (Å²) >= 11 is 0. The van der Waals surface area contributed by atoms with E-state index < -0.39 is 0 Å². The molecule has 0 saturated carbocycles. The minimum absolute atomic E-state index is 0.0390. The molecule has 132 valence electrons. The Labute approximate surface area is 148 Å². The molecule has 0 bridgehead atoms. The highest BCUT2D eigenvalue weighted by molar-refractivity contribution is 5.84. The number of hydrogen-bond donors (Lipinski definition) is 1. The van der Waals surface area contributed by atoms with E-state index in [9.17, 15) is 4.79 Å². The third-order valence-electron chi connectivity index (χ3n) is 5.39. The molecule has 2 heterocycles. The molecule has 5 nitrogen and oxygen atoms in total. The number of aryl methyl sites for hydroxylation is 3. The predicted octanol–water partition coefficient (Wildman–Crippen LogP) is 3.05. The Morgan fingerprint density at radius 3 is 3.00 bits per heavy atom. The third-order valence-corrected chi connectivity index (χ3v) is 5.39. The van der Waals surface area contributed by atoms with Crippen LogP contribution < -0.4 is 0 Å². The number of amides is 1. The Balaban J connectivity index is 1.54. The molecule has 25 heavy (non-hydrogen) atoms. The molecule has 2 unspecified atom stereocenters. The van der Waals surface area contributed by atoms with Gasteiger partial charge in [-0.2, -0.15) is 0 Å². The Hall–Kier alpha value is -2.14. The number of aromatic amines is 1. The Morgan fingerprint density at radius 1 is 1.32 bits per heavy atom. The summed E-state index contributed by atoms with van der Waals surface area (Å²) in [5, 5.41) is 0. The predicted molar refractivity (Wildman–Crippen MR) is 95.5 cm³/mol. The average molecular weight is 339 g/mol. The quantitative estimate of drug-likeness (QED) is 0.915. The van der Waals surface area contributed by atoms with E-state index in [1.807, 2.05) is 24.0 Å². The average Bonchev–Trinajstić information content (AvgIpc) is 3.02. The summed E-state index contributed by atoms with van der Waals surface area (Å²) in [7, 11) is 0. The number of rotatable bonds is 2. The Morgan fingerprint density at radius 2 is 2.16 bits per heavy atom. The zero-order chi connectivity index (χ0) is 17.4.